The number of amides is 2. The third-order valence-electron chi connectivity index (χ3n) is 3.46. The Balaban J connectivity index is 1.83. The zero-order valence-electron chi connectivity index (χ0n) is 11.9. The van der Waals surface area contributed by atoms with Crippen molar-refractivity contribution in [3.05, 3.63) is 29.3 Å². The molecule has 0 aliphatic carbocycles. The molecule has 1 N–H and O–H groups in total. The highest BCUT2D eigenvalue weighted by Gasteiger charge is 2.19. The fourth-order valence-corrected chi connectivity index (χ4v) is 2.08. The van der Waals surface area contributed by atoms with E-state index in [1.54, 1.807) is 4.90 Å². The number of anilines is 1. The lowest BCUT2D eigenvalue weighted by atomic mass is 10.1. The molecule has 0 unspecified atom stereocenters. The lowest BCUT2D eigenvalue weighted by Crippen LogP contribution is -2.39. The van der Waals surface area contributed by atoms with Gasteiger partial charge in [-0.2, -0.15) is 0 Å². The molecule has 1 aromatic carbocycles. The zero-order valence-corrected chi connectivity index (χ0v) is 11.9. The van der Waals surface area contributed by atoms with Gasteiger partial charge in [-0.05, 0) is 43.5 Å². The molecule has 108 valence electrons. The van der Waals surface area contributed by atoms with Gasteiger partial charge in [-0.25, -0.2) is 4.79 Å². The second kappa shape index (κ2) is 6.41. The van der Waals surface area contributed by atoms with Gasteiger partial charge in [0.1, 0.15) is 0 Å². The van der Waals surface area contributed by atoms with Gasteiger partial charge in [0.15, 0.2) is 0 Å². The number of carbonyl (C=O) groups excluding carboxylic acids is 2. The molecule has 1 aromatic rings. The molecule has 1 saturated heterocycles. The van der Waals surface area contributed by atoms with Gasteiger partial charge in [0.05, 0.1) is 6.61 Å². The Kier molecular flexibility index (Phi) is 4.61. The molecule has 1 aliphatic heterocycles. The normalized spacial score (nSPS) is 14.9. The molecular formula is C15H20N2O3. The number of nitrogens with zero attached hydrogens (tertiary/aromatic N) is 1. The number of nitrogens with one attached hydrogen (secondary N) is 1. The second-order valence-electron chi connectivity index (χ2n) is 5.05. The summed E-state index contributed by atoms with van der Waals surface area (Å²) in [5.41, 5.74) is 3.13. The number of ether oxygens (including phenoxy) is 1. The number of benzene rings is 1. The molecule has 0 atom stereocenters. The molecule has 2 amide bonds. The fourth-order valence-electron chi connectivity index (χ4n) is 2.08. The van der Waals surface area contributed by atoms with Crippen LogP contribution in [0, 0.1) is 13.8 Å². The van der Waals surface area contributed by atoms with E-state index in [4.69, 9.17) is 4.74 Å². The van der Waals surface area contributed by atoms with Gasteiger partial charge in [0.2, 0.25) is 5.91 Å². The summed E-state index contributed by atoms with van der Waals surface area (Å²) in [6.07, 6.45) is 0.780. The SMILES string of the molecule is Cc1ccc(NC(=O)CCN2CCCOC2=O)cc1C. The van der Waals surface area contributed by atoms with E-state index in [0.717, 1.165) is 17.7 Å². The van der Waals surface area contributed by atoms with Gasteiger partial charge < -0.3 is 15.0 Å². The molecule has 20 heavy (non-hydrogen) atoms. The minimum atomic E-state index is -0.324. The van der Waals surface area contributed by atoms with Crippen molar-refractivity contribution >= 4 is 17.7 Å². The minimum Gasteiger partial charge on any atom is -0.449 e. The van der Waals surface area contributed by atoms with Crippen LogP contribution in [0.25, 0.3) is 0 Å². The van der Waals surface area contributed by atoms with E-state index in [1.165, 1.54) is 5.56 Å². The molecule has 1 fully saturated rings. The number of hydrogen-bond acceptors (Lipinski definition) is 3. The number of carbonyl (C=O) groups is 2. The first-order valence-corrected chi connectivity index (χ1v) is 6.85. The van der Waals surface area contributed by atoms with Crippen LogP contribution in [0.3, 0.4) is 0 Å². The largest absolute Gasteiger partial charge is 0.449 e. The van der Waals surface area contributed by atoms with E-state index in [9.17, 15) is 9.59 Å². The first-order valence-electron chi connectivity index (χ1n) is 6.85. The average Bonchev–Trinajstić information content (AvgIpc) is 2.42. The highest BCUT2D eigenvalue weighted by atomic mass is 16.6. The predicted octanol–water partition coefficient (Wildman–Crippen LogP) is 2.47. The first-order chi connectivity index (χ1) is 9.56. The van der Waals surface area contributed by atoms with E-state index in [1.807, 2.05) is 32.0 Å². The van der Waals surface area contributed by atoms with Gasteiger partial charge in [-0.15, -0.1) is 0 Å². The van der Waals surface area contributed by atoms with Crippen molar-refractivity contribution in [3.8, 4) is 0 Å². The number of aryl methyl sites for hydroxylation is 2. The molecule has 1 aliphatic rings. The summed E-state index contributed by atoms with van der Waals surface area (Å²) in [6.45, 7) is 5.58. The summed E-state index contributed by atoms with van der Waals surface area (Å²) in [7, 11) is 0. The lowest BCUT2D eigenvalue weighted by molar-refractivity contribution is -0.116. The Morgan fingerprint density at radius 1 is 1.35 bits per heavy atom. The van der Waals surface area contributed by atoms with Crippen molar-refractivity contribution < 1.29 is 14.3 Å². The average molecular weight is 276 g/mol. The van der Waals surface area contributed by atoms with Gasteiger partial charge >= 0.3 is 6.09 Å². The van der Waals surface area contributed by atoms with Crippen molar-refractivity contribution in [1.29, 1.82) is 0 Å². The highest BCUT2D eigenvalue weighted by molar-refractivity contribution is 5.91. The highest BCUT2D eigenvalue weighted by Crippen LogP contribution is 2.14. The number of hydrogen-bond donors (Lipinski definition) is 1. The van der Waals surface area contributed by atoms with E-state index in [0.29, 0.717) is 19.7 Å². The maximum Gasteiger partial charge on any atom is 0.409 e. The maximum atomic E-state index is 11.9. The molecule has 5 heteroatoms. The first kappa shape index (κ1) is 14.4. The van der Waals surface area contributed by atoms with Crippen LogP contribution in [-0.4, -0.2) is 36.6 Å². The monoisotopic (exact) mass is 276 g/mol. The topological polar surface area (TPSA) is 58.6 Å². The minimum absolute atomic E-state index is 0.0911. The van der Waals surface area contributed by atoms with Crippen molar-refractivity contribution in [3.63, 3.8) is 0 Å². The molecule has 0 spiro atoms. The number of rotatable bonds is 4. The molecule has 0 aromatic heterocycles. The maximum absolute atomic E-state index is 11.9. The lowest BCUT2D eigenvalue weighted by Gasteiger charge is -2.25. The van der Waals surface area contributed by atoms with Crippen LogP contribution in [0.2, 0.25) is 0 Å². The molecule has 5 nitrogen and oxygen atoms in total. The standard InChI is InChI=1S/C15H20N2O3/c1-11-4-5-13(10-12(11)2)16-14(18)6-8-17-7-3-9-20-15(17)19/h4-5,10H,3,6-9H2,1-2H3,(H,16,18). The predicted molar refractivity (Wildman–Crippen MR) is 76.7 cm³/mol. The van der Waals surface area contributed by atoms with Gasteiger partial charge in [0.25, 0.3) is 0 Å². The van der Waals surface area contributed by atoms with Crippen LogP contribution in [0.15, 0.2) is 18.2 Å². The van der Waals surface area contributed by atoms with Crippen LogP contribution in [0.4, 0.5) is 10.5 Å². The molecule has 2 rings (SSSR count). The third kappa shape index (κ3) is 3.73. The van der Waals surface area contributed by atoms with E-state index in [2.05, 4.69) is 5.32 Å². The third-order valence-corrected chi connectivity index (χ3v) is 3.46. The summed E-state index contributed by atoms with van der Waals surface area (Å²) in [4.78, 5) is 24.9. The summed E-state index contributed by atoms with van der Waals surface area (Å²) in [5.74, 6) is -0.0911. The summed E-state index contributed by atoms with van der Waals surface area (Å²) >= 11 is 0. The summed E-state index contributed by atoms with van der Waals surface area (Å²) in [6, 6.07) is 5.81. The van der Waals surface area contributed by atoms with Crippen LogP contribution in [-0.2, 0) is 9.53 Å². The smallest absolute Gasteiger partial charge is 0.409 e. The summed E-state index contributed by atoms with van der Waals surface area (Å²) < 4.78 is 4.93. The van der Waals surface area contributed by atoms with Gasteiger partial charge in [-0.1, -0.05) is 6.07 Å². The second-order valence-corrected chi connectivity index (χ2v) is 5.05. The molecular weight excluding hydrogens is 256 g/mol. The van der Waals surface area contributed by atoms with Crippen LogP contribution < -0.4 is 5.32 Å². The van der Waals surface area contributed by atoms with Gasteiger partial charge in [0, 0.05) is 25.2 Å². The Labute approximate surface area is 118 Å². The molecule has 0 bridgehead atoms. The Bertz CT molecular complexity index is 514. The van der Waals surface area contributed by atoms with Crippen molar-refractivity contribution in [1.82, 2.24) is 4.90 Å². The molecule has 0 radical (unpaired) electrons. The van der Waals surface area contributed by atoms with E-state index < -0.39 is 0 Å². The van der Waals surface area contributed by atoms with E-state index in [-0.39, 0.29) is 18.4 Å². The Hall–Kier alpha value is -2.04. The van der Waals surface area contributed by atoms with E-state index >= 15 is 0 Å². The molecule has 0 saturated carbocycles. The van der Waals surface area contributed by atoms with Crippen LogP contribution in [0.1, 0.15) is 24.0 Å². The van der Waals surface area contributed by atoms with Crippen LogP contribution in [0.5, 0.6) is 0 Å². The Morgan fingerprint density at radius 2 is 2.15 bits per heavy atom. The van der Waals surface area contributed by atoms with Crippen molar-refractivity contribution in [2.45, 2.75) is 26.7 Å². The molecule has 1 heterocycles. The number of cyclic esters (lactones) is 1. The Morgan fingerprint density at radius 3 is 2.85 bits per heavy atom. The summed E-state index contributed by atoms with van der Waals surface area (Å²) in [5, 5.41) is 2.85. The van der Waals surface area contributed by atoms with Crippen molar-refractivity contribution in [2.24, 2.45) is 0 Å². The quantitative estimate of drug-likeness (QED) is 0.919. The van der Waals surface area contributed by atoms with Gasteiger partial charge in [-0.3, -0.25) is 4.79 Å². The van der Waals surface area contributed by atoms with Crippen LogP contribution >= 0.6 is 0 Å². The van der Waals surface area contributed by atoms with Crippen molar-refractivity contribution in [2.75, 3.05) is 25.0 Å². The fraction of sp³-hybridized carbons (Fsp3) is 0.467. The zero-order chi connectivity index (χ0) is 14.5.